The standard InChI is InChI=1S/C10H9ClN2O2S/c1-5(11)9-12-13-10(16-9)6-2-3-7(14)8(15)4-6/h2-5,14-15H,1H3. The molecule has 2 aromatic rings. The van der Waals surface area contributed by atoms with Gasteiger partial charge in [-0.3, -0.25) is 0 Å². The minimum atomic E-state index is -0.183. The van der Waals surface area contributed by atoms with E-state index >= 15 is 0 Å². The Morgan fingerprint density at radius 1 is 1.25 bits per heavy atom. The van der Waals surface area contributed by atoms with Gasteiger partial charge in [0.1, 0.15) is 10.0 Å². The van der Waals surface area contributed by atoms with Gasteiger partial charge in [0.15, 0.2) is 11.5 Å². The number of nitrogens with zero attached hydrogens (tertiary/aromatic N) is 2. The molecule has 0 radical (unpaired) electrons. The summed E-state index contributed by atoms with van der Waals surface area (Å²) in [7, 11) is 0. The molecule has 1 heterocycles. The van der Waals surface area contributed by atoms with Crippen molar-refractivity contribution < 1.29 is 10.2 Å². The van der Waals surface area contributed by atoms with E-state index in [1.54, 1.807) is 6.07 Å². The van der Waals surface area contributed by atoms with E-state index in [1.807, 2.05) is 6.92 Å². The number of halogens is 1. The van der Waals surface area contributed by atoms with E-state index in [4.69, 9.17) is 11.6 Å². The molecule has 1 unspecified atom stereocenters. The monoisotopic (exact) mass is 256 g/mol. The molecule has 1 aromatic carbocycles. The fourth-order valence-corrected chi connectivity index (χ4v) is 2.11. The number of phenolic OH excluding ortho intramolecular Hbond substituents is 2. The Hall–Kier alpha value is -1.33. The SMILES string of the molecule is CC(Cl)c1nnc(-c2ccc(O)c(O)c2)s1. The molecule has 1 atom stereocenters. The minimum absolute atomic E-state index is 0.154. The highest BCUT2D eigenvalue weighted by molar-refractivity contribution is 7.15. The Balaban J connectivity index is 2.39. The second kappa shape index (κ2) is 4.27. The van der Waals surface area contributed by atoms with Gasteiger partial charge in [-0.2, -0.15) is 0 Å². The maximum absolute atomic E-state index is 9.36. The molecule has 2 N–H and O–H groups in total. The third-order valence-corrected chi connectivity index (χ3v) is 3.49. The summed E-state index contributed by atoms with van der Waals surface area (Å²) in [5.74, 6) is -0.327. The summed E-state index contributed by atoms with van der Waals surface area (Å²) >= 11 is 7.24. The molecule has 0 fully saturated rings. The topological polar surface area (TPSA) is 66.2 Å². The van der Waals surface area contributed by atoms with Crippen molar-refractivity contribution in [2.24, 2.45) is 0 Å². The second-order valence-electron chi connectivity index (χ2n) is 3.26. The molecule has 0 saturated heterocycles. The van der Waals surface area contributed by atoms with Crippen LogP contribution in [0, 0.1) is 0 Å². The number of aromatic nitrogens is 2. The van der Waals surface area contributed by atoms with Gasteiger partial charge in [0.05, 0.1) is 5.38 Å². The van der Waals surface area contributed by atoms with Crippen LogP contribution in [0.4, 0.5) is 0 Å². The first-order valence-electron chi connectivity index (χ1n) is 4.57. The van der Waals surface area contributed by atoms with Crippen LogP contribution >= 0.6 is 22.9 Å². The molecule has 0 spiro atoms. The number of benzene rings is 1. The molecule has 0 saturated carbocycles. The van der Waals surface area contributed by atoms with Crippen LogP contribution in [-0.2, 0) is 0 Å². The maximum atomic E-state index is 9.36. The van der Waals surface area contributed by atoms with Gasteiger partial charge >= 0.3 is 0 Å². The lowest BCUT2D eigenvalue weighted by Gasteiger charge is -1.99. The van der Waals surface area contributed by atoms with Gasteiger partial charge in [-0.1, -0.05) is 11.3 Å². The molecular weight excluding hydrogens is 248 g/mol. The number of rotatable bonds is 2. The summed E-state index contributed by atoms with van der Waals surface area (Å²) in [4.78, 5) is 0. The van der Waals surface area contributed by atoms with Crippen molar-refractivity contribution in [1.29, 1.82) is 0 Å². The van der Waals surface area contributed by atoms with Crippen molar-refractivity contribution in [1.82, 2.24) is 10.2 Å². The average Bonchev–Trinajstić information content (AvgIpc) is 2.71. The average molecular weight is 257 g/mol. The summed E-state index contributed by atoms with van der Waals surface area (Å²) in [5, 5.41) is 27.7. The third kappa shape index (κ3) is 2.10. The van der Waals surface area contributed by atoms with Crippen molar-refractivity contribution in [3.8, 4) is 22.1 Å². The van der Waals surface area contributed by atoms with Crippen molar-refractivity contribution in [3.63, 3.8) is 0 Å². The number of hydrogen-bond donors (Lipinski definition) is 2. The molecule has 0 aliphatic carbocycles. The van der Waals surface area contributed by atoms with Crippen LogP contribution in [-0.4, -0.2) is 20.4 Å². The molecule has 0 aliphatic rings. The van der Waals surface area contributed by atoms with Gasteiger partial charge < -0.3 is 10.2 Å². The number of phenols is 2. The van der Waals surface area contributed by atoms with Gasteiger partial charge in [-0.25, -0.2) is 0 Å². The normalized spacial score (nSPS) is 12.6. The molecular formula is C10H9ClN2O2S. The van der Waals surface area contributed by atoms with Gasteiger partial charge in [0.2, 0.25) is 0 Å². The quantitative estimate of drug-likeness (QED) is 0.640. The van der Waals surface area contributed by atoms with Gasteiger partial charge in [0.25, 0.3) is 0 Å². The van der Waals surface area contributed by atoms with E-state index in [0.29, 0.717) is 10.6 Å². The molecule has 0 amide bonds. The predicted octanol–water partition coefficient (Wildman–Crippen LogP) is 2.92. The van der Waals surface area contributed by atoms with Crippen molar-refractivity contribution in [2.45, 2.75) is 12.3 Å². The van der Waals surface area contributed by atoms with Crippen molar-refractivity contribution >= 4 is 22.9 Å². The van der Waals surface area contributed by atoms with E-state index in [2.05, 4.69) is 10.2 Å². The largest absolute Gasteiger partial charge is 0.504 e. The summed E-state index contributed by atoms with van der Waals surface area (Å²) < 4.78 is 0. The fourth-order valence-electron chi connectivity index (χ4n) is 1.17. The van der Waals surface area contributed by atoms with Gasteiger partial charge in [-0.05, 0) is 25.1 Å². The van der Waals surface area contributed by atoms with Crippen LogP contribution in [0.1, 0.15) is 17.3 Å². The van der Waals surface area contributed by atoms with E-state index in [1.165, 1.54) is 23.5 Å². The molecule has 16 heavy (non-hydrogen) atoms. The zero-order chi connectivity index (χ0) is 11.7. The molecule has 84 valence electrons. The number of hydrogen-bond acceptors (Lipinski definition) is 5. The van der Waals surface area contributed by atoms with E-state index in [0.717, 1.165) is 5.01 Å². The molecule has 6 heteroatoms. The number of alkyl halides is 1. The van der Waals surface area contributed by atoms with Crippen LogP contribution < -0.4 is 0 Å². The van der Waals surface area contributed by atoms with Crippen molar-refractivity contribution in [2.75, 3.05) is 0 Å². The molecule has 0 bridgehead atoms. The maximum Gasteiger partial charge on any atom is 0.158 e. The lowest BCUT2D eigenvalue weighted by atomic mass is 10.2. The van der Waals surface area contributed by atoms with Gasteiger partial charge in [0, 0.05) is 5.56 Å². The summed E-state index contributed by atoms with van der Waals surface area (Å²) in [5.41, 5.74) is 0.705. The zero-order valence-electron chi connectivity index (χ0n) is 8.38. The van der Waals surface area contributed by atoms with Crippen LogP contribution in [0.2, 0.25) is 0 Å². The van der Waals surface area contributed by atoms with E-state index in [-0.39, 0.29) is 16.9 Å². The van der Waals surface area contributed by atoms with E-state index in [9.17, 15) is 10.2 Å². The number of aromatic hydroxyl groups is 2. The van der Waals surface area contributed by atoms with Crippen LogP contribution in [0.5, 0.6) is 11.5 Å². The molecule has 4 nitrogen and oxygen atoms in total. The highest BCUT2D eigenvalue weighted by atomic mass is 35.5. The summed E-state index contributed by atoms with van der Waals surface area (Å²) in [6, 6.07) is 4.52. The zero-order valence-corrected chi connectivity index (χ0v) is 9.96. The van der Waals surface area contributed by atoms with E-state index < -0.39 is 0 Å². The Bertz CT molecular complexity index is 513. The Morgan fingerprint density at radius 3 is 2.56 bits per heavy atom. The van der Waals surface area contributed by atoms with Crippen molar-refractivity contribution in [3.05, 3.63) is 23.2 Å². The first-order valence-corrected chi connectivity index (χ1v) is 5.83. The summed E-state index contributed by atoms with van der Waals surface area (Å²) in [6.07, 6.45) is 0. The van der Waals surface area contributed by atoms with Gasteiger partial charge in [-0.15, -0.1) is 21.8 Å². The smallest absolute Gasteiger partial charge is 0.158 e. The summed E-state index contributed by atoms with van der Waals surface area (Å²) in [6.45, 7) is 1.82. The predicted molar refractivity (Wildman–Crippen MR) is 62.9 cm³/mol. The van der Waals surface area contributed by atoms with Crippen LogP contribution in [0.15, 0.2) is 18.2 Å². The lowest BCUT2D eigenvalue weighted by Crippen LogP contribution is -1.80. The lowest BCUT2D eigenvalue weighted by molar-refractivity contribution is 0.404. The first-order chi connectivity index (χ1) is 7.58. The fraction of sp³-hybridized carbons (Fsp3) is 0.200. The molecule has 2 rings (SSSR count). The van der Waals surface area contributed by atoms with Crippen LogP contribution in [0.3, 0.4) is 0 Å². The first kappa shape index (κ1) is 11.2. The second-order valence-corrected chi connectivity index (χ2v) is 4.93. The Labute approximate surface area is 101 Å². The Kier molecular flexibility index (Phi) is 2.98. The Morgan fingerprint density at radius 2 is 2.00 bits per heavy atom. The minimum Gasteiger partial charge on any atom is -0.504 e. The highest BCUT2D eigenvalue weighted by Gasteiger charge is 2.11. The van der Waals surface area contributed by atoms with Crippen LogP contribution in [0.25, 0.3) is 10.6 Å². The molecule has 0 aliphatic heterocycles. The highest BCUT2D eigenvalue weighted by Crippen LogP contribution is 2.33. The third-order valence-electron chi connectivity index (χ3n) is 2.00. The molecule has 1 aromatic heterocycles.